The third kappa shape index (κ3) is 13.5. The first-order valence-electron chi connectivity index (χ1n) is 18.0. The quantitative estimate of drug-likeness (QED) is 0.0617. The van der Waals surface area contributed by atoms with Gasteiger partial charge in [0.05, 0.1) is 12.1 Å². The van der Waals surface area contributed by atoms with Gasteiger partial charge in [0.15, 0.2) is 11.7 Å². The molecular formula is C31H46N8O4. The summed E-state index contributed by atoms with van der Waals surface area (Å²) in [6.45, 7) is -3.42. The van der Waals surface area contributed by atoms with E-state index in [9.17, 15) is 20.5 Å². The Morgan fingerprint density at radius 2 is 1.42 bits per heavy atom. The number of Topliss-reactive ketones (excluding diaryl/α,β-unsaturated/α-hetero) is 1. The summed E-state index contributed by atoms with van der Waals surface area (Å²) < 4.78 is 73.4. The highest BCUT2D eigenvalue weighted by Crippen LogP contribution is 2.17. The van der Waals surface area contributed by atoms with E-state index in [1.165, 1.54) is 12.1 Å². The van der Waals surface area contributed by atoms with Crippen LogP contribution in [0.5, 0.6) is 0 Å². The topological polar surface area (TPSA) is 235 Å². The molecule has 0 saturated heterocycles. The minimum atomic E-state index is -3.91. The van der Waals surface area contributed by atoms with Crippen LogP contribution in [0.15, 0.2) is 65.7 Å². The summed E-state index contributed by atoms with van der Waals surface area (Å²) in [4.78, 5) is 57.5. The van der Waals surface area contributed by atoms with Gasteiger partial charge in [-0.05, 0) is 62.4 Å². The van der Waals surface area contributed by atoms with Crippen LogP contribution >= 0.6 is 0 Å². The predicted octanol–water partition coefficient (Wildman–Crippen LogP) is 0.0120. The van der Waals surface area contributed by atoms with Gasteiger partial charge >= 0.3 is 0 Å². The molecule has 0 aliphatic rings. The van der Waals surface area contributed by atoms with Gasteiger partial charge in [-0.15, -0.1) is 0 Å². The van der Waals surface area contributed by atoms with Crippen molar-refractivity contribution in [2.24, 2.45) is 39.6 Å². The normalized spacial score (nSPS) is 18.8. The molecule has 3 amide bonds. The van der Waals surface area contributed by atoms with Gasteiger partial charge in [-0.25, -0.2) is 0 Å². The first-order chi connectivity index (χ1) is 23.9. The molecule has 12 heteroatoms. The zero-order valence-electron chi connectivity index (χ0n) is 32.7. The van der Waals surface area contributed by atoms with Crippen molar-refractivity contribution in [3.8, 4) is 0 Å². The fourth-order valence-corrected chi connectivity index (χ4v) is 4.01. The number of amides is 3. The van der Waals surface area contributed by atoms with Crippen LogP contribution in [0.4, 0.5) is 0 Å². The van der Waals surface area contributed by atoms with E-state index in [4.69, 9.17) is 39.6 Å². The molecule has 12 nitrogen and oxygen atoms in total. The molecule has 0 spiro atoms. The number of primary amides is 1. The van der Waals surface area contributed by atoms with E-state index in [1.54, 1.807) is 48.5 Å². The van der Waals surface area contributed by atoms with E-state index < -0.39 is 86.0 Å². The lowest BCUT2D eigenvalue weighted by molar-refractivity contribution is -0.133. The number of nitrogens with two attached hydrogens (primary N) is 5. The lowest BCUT2D eigenvalue weighted by Crippen LogP contribution is -2.51. The highest BCUT2D eigenvalue weighted by atomic mass is 16.2. The van der Waals surface area contributed by atoms with Crippen molar-refractivity contribution in [3.63, 3.8) is 0 Å². The van der Waals surface area contributed by atoms with E-state index in [2.05, 4.69) is 10.3 Å². The number of nitrogens with one attached hydrogen (secondary N) is 2. The van der Waals surface area contributed by atoms with Crippen molar-refractivity contribution in [2.45, 2.75) is 69.3 Å². The minimum absolute atomic E-state index is 0.0557. The van der Waals surface area contributed by atoms with Gasteiger partial charge in [-0.2, -0.15) is 0 Å². The average Bonchev–Trinajstić information content (AvgIpc) is 3.04. The lowest BCUT2D eigenvalue weighted by Gasteiger charge is -2.24. The van der Waals surface area contributed by atoms with Gasteiger partial charge < -0.3 is 39.3 Å². The largest absolute Gasteiger partial charge is 0.370 e. The smallest absolute Gasteiger partial charge is 0.239 e. The fraction of sp³-hybridized carbons (Fsp3) is 0.452. The van der Waals surface area contributed by atoms with Gasteiger partial charge in [0.1, 0.15) is 6.04 Å². The predicted molar refractivity (Wildman–Crippen MR) is 167 cm³/mol. The Hall–Kier alpha value is -4.29. The summed E-state index contributed by atoms with van der Waals surface area (Å²) in [7, 11) is 0. The Morgan fingerprint density at radius 1 is 0.837 bits per heavy atom. The van der Waals surface area contributed by atoms with Crippen LogP contribution in [0.25, 0.3) is 0 Å². The number of benzene rings is 2. The minimum Gasteiger partial charge on any atom is -0.370 e. The SMILES string of the molecule is [2H]C([2H])(N)C([2H])([2H])C([2H])([2H])C([2H])([2H])[C@H](NC(=O)[C@@]([2H])(CC(=O)[C@@H](CCCN=C(N)N)NC(=O)[C@@H](N)Cc1ccccc1)Cc1ccccc1)C(N)=O. The maximum Gasteiger partial charge on any atom is 0.239 e. The van der Waals surface area contributed by atoms with E-state index >= 15 is 0 Å². The van der Waals surface area contributed by atoms with Crippen molar-refractivity contribution in [1.29, 1.82) is 0 Å². The molecule has 0 bridgehead atoms. The molecule has 0 aliphatic heterocycles. The summed E-state index contributed by atoms with van der Waals surface area (Å²) in [6, 6.07) is 11.6. The number of ketones is 1. The summed E-state index contributed by atoms with van der Waals surface area (Å²) in [5.41, 5.74) is 28.6. The number of hydrogen-bond acceptors (Lipinski definition) is 7. The van der Waals surface area contributed by atoms with Crippen LogP contribution in [-0.2, 0) is 32.0 Å². The van der Waals surface area contributed by atoms with Crippen LogP contribution in [0.1, 0.15) is 61.8 Å². The fourth-order valence-electron chi connectivity index (χ4n) is 4.01. The lowest BCUT2D eigenvalue weighted by atomic mass is 9.89. The summed E-state index contributed by atoms with van der Waals surface area (Å²) in [5, 5.41) is 4.46. The molecule has 0 fully saturated rings. The van der Waals surface area contributed by atoms with Gasteiger partial charge in [-0.1, -0.05) is 60.7 Å². The van der Waals surface area contributed by atoms with Gasteiger partial charge in [-0.3, -0.25) is 24.2 Å². The average molecular weight is 604 g/mol. The van der Waals surface area contributed by atoms with Crippen molar-refractivity contribution in [3.05, 3.63) is 71.8 Å². The summed E-state index contributed by atoms with van der Waals surface area (Å²) in [6.07, 6.45) is -12.7. The zero-order valence-corrected chi connectivity index (χ0v) is 23.7. The molecule has 0 saturated carbocycles. The highest BCUT2D eigenvalue weighted by Gasteiger charge is 2.30. The first-order valence-corrected chi connectivity index (χ1v) is 13.5. The third-order valence-electron chi connectivity index (χ3n) is 6.17. The second kappa shape index (κ2) is 19.0. The maximum absolute atomic E-state index is 13.9. The molecule has 234 valence electrons. The number of guanidine groups is 1. The molecule has 4 atom stereocenters. The first kappa shape index (κ1) is 23.2. The monoisotopic (exact) mass is 603 g/mol. The molecule has 43 heavy (non-hydrogen) atoms. The standard InChI is InChI=1S/C31H46N8O4/c32-16-8-7-14-26(28(34)41)39-29(42)23(18-21-10-3-1-4-11-21)20-27(40)25(15-9-17-37-31(35)36)38-30(43)24(33)19-22-12-5-2-6-13-22/h1-6,10-13,23-26H,7-9,14-20,32-33H2,(H2,34,41)(H,38,43)(H,39,42)(H4,35,36,37)/t23-,24+,25-,26+/m1/s1/i7D2,8D2,14D2,16D2,23D. The van der Waals surface area contributed by atoms with Crippen molar-refractivity contribution in [1.82, 2.24) is 10.6 Å². The maximum atomic E-state index is 13.9. The molecule has 0 aromatic heterocycles. The summed E-state index contributed by atoms with van der Waals surface area (Å²) >= 11 is 0. The Bertz CT molecular complexity index is 1580. The van der Waals surface area contributed by atoms with Crippen LogP contribution < -0.4 is 39.3 Å². The number of hydrogen-bond donors (Lipinski definition) is 7. The number of carbonyl (C=O) groups excluding carboxylic acids is 4. The molecule has 0 radical (unpaired) electrons. The second-order valence-corrected chi connectivity index (χ2v) is 9.56. The second-order valence-electron chi connectivity index (χ2n) is 9.56. The Balaban J connectivity index is 2.51. The molecule has 2 rings (SSSR count). The number of nitrogens with zero attached hydrogens (tertiary/aromatic N) is 1. The van der Waals surface area contributed by atoms with E-state index in [-0.39, 0.29) is 31.8 Å². The van der Waals surface area contributed by atoms with E-state index in [0.717, 1.165) is 5.56 Å². The molecule has 0 heterocycles. The molecule has 12 N–H and O–H groups in total. The van der Waals surface area contributed by atoms with Gasteiger partial charge in [0.2, 0.25) is 17.7 Å². The van der Waals surface area contributed by atoms with Crippen LogP contribution in [0.2, 0.25) is 0 Å². The van der Waals surface area contributed by atoms with Crippen LogP contribution in [0, 0.1) is 5.89 Å². The molecular weight excluding hydrogens is 548 g/mol. The molecule has 0 aliphatic carbocycles. The van der Waals surface area contributed by atoms with E-state index in [0.29, 0.717) is 5.56 Å². The molecule has 2 aromatic rings. The van der Waals surface area contributed by atoms with E-state index in [1.807, 2.05) is 5.32 Å². The zero-order chi connectivity index (χ0) is 39.7. The Kier molecular flexibility index (Phi) is 10.3. The molecule has 0 unspecified atom stereocenters. The molecule has 2 aromatic carbocycles. The van der Waals surface area contributed by atoms with Gasteiger partial charge in [0, 0.05) is 31.2 Å². The summed E-state index contributed by atoms with van der Waals surface area (Å²) in [5.74, 6) is -7.51. The van der Waals surface area contributed by atoms with Crippen molar-refractivity contribution < 1.29 is 31.5 Å². The Labute approximate surface area is 265 Å². The van der Waals surface area contributed by atoms with Crippen molar-refractivity contribution in [2.75, 3.05) is 13.0 Å². The third-order valence-corrected chi connectivity index (χ3v) is 6.17. The number of aliphatic imine (C=N–C) groups is 1. The van der Waals surface area contributed by atoms with Crippen LogP contribution in [0.3, 0.4) is 0 Å². The highest BCUT2D eigenvalue weighted by molar-refractivity contribution is 5.94. The van der Waals surface area contributed by atoms with Crippen LogP contribution in [-0.4, -0.2) is 60.6 Å². The Morgan fingerprint density at radius 3 is 1.98 bits per heavy atom. The van der Waals surface area contributed by atoms with Gasteiger partial charge in [0.25, 0.3) is 0 Å². The number of carbonyl (C=O) groups is 4. The number of rotatable bonds is 20. The van der Waals surface area contributed by atoms with Crippen molar-refractivity contribution >= 4 is 29.5 Å².